The molecule has 5 N–H and O–H groups in total. The average Bonchev–Trinajstić information content (AvgIpc) is 0.801. The van der Waals surface area contributed by atoms with E-state index in [1.165, 1.54) is 0 Å². The smallest absolute Gasteiger partial charge is 0.326 e. The molecule has 0 aromatic rings. The molecule has 0 radical (unpaired) electrons. The standard InChI is InChI=1S/C63H92N4O33S2.N2/c1-30(68)86-27-45-52(90-34(5)72)55(93-37(8)75)51(89-33(4)71)44(98-45)19-20-48(80)64-23-16-14-18-43(61(84)85)67-60(83)42(66-50(82)22-26-102-63-59(97-41(12)79)57(95-39(10)77)54(92-36(7)74)47(100-63)29-88-32(3)70)17-13-15-24-65-49(81)21-25-101-62-58(96-40(11)78)56(94-38(9)76)53(91-35(6)73)46(99-62)28-87-31(2)69;1-2/h42-47,51-59,62-63H,13-29H2,1-12H3,(H,64,80)(H,65,81)(H,66,82)(H,67,83)(H,84,85);/t42-,43-,44-,45+,46+,47+,51-,52-,53-,54-,55+,56-,57-,58+,59+,62-,63-;/m0./s1. The molecule has 3 aliphatic rings. The Morgan fingerprint density at radius 1 is 0.356 bits per heavy atom. The number of carbonyl (C=O) groups is 17. The Morgan fingerprint density at radius 3 is 1.00 bits per heavy atom. The Hall–Kier alpha value is -9.01. The van der Waals surface area contributed by atoms with Crippen LogP contribution in [0.4, 0.5) is 0 Å². The van der Waals surface area contributed by atoms with Crippen LogP contribution in [0, 0.1) is 10.8 Å². The molecule has 4 amide bonds. The molecule has 3 heterocycles. The maximum Gasteiger partial charge on any atom is 0.326 e. The van der Waals surface area contributed by atoms with Crippen LogP contribution in [0.1, 0.15) is 147 Å². The topological polar surface area (TPSA) is 545 Å². The van der Waals surface area contributed by atoms with Crippen LogP contribution in [-0.2, 0) is 153 Å². The first-order valence-corrected chi connectivity index (χ1v) is 34.8. The van der Waals surface area contributed by atoms with Gasteiger partial charge in [0, 0.05) is 138 Å². The van der Waals surface area contributed by atoms with Gasteiger partial charge in [0.25, 0.3) is 0 Å². The number of rotatable bonds is 40. The summed E-state index contributed by atoms with van der Waals surface area (Å²) in [6.07, 6.45) is -18.5. The van der Waals surface area contributed by atoms with Crippen LogP contribution in [0.5, 0.6) is 0 Å². The molecule has 0 aliphatic carbocycles. The molecule has 39 nitrogen and oxygen atoms in total. The number of carboxylic acids is 1. The van der Waals surface area contributed by atoms with Gasteiger partial charge in [0.05, 0.1) is 6.10 Å². The number of esters is 12. The van der Waals surface area contributed by atoms with Gasteiger partial charge in [-0.15, -0.1) is 23.5 Å². The zero-order valence-corrected chi connectivity index (χ0v) is 61.2. The molecule has 3 fully saturated rings. The molecule has 584 valence electrons. The number of thioether (sulfide) groups is 2. The van der Waals surface area contributed by atoms with E-state index in [1.54, 1.807) is 0 Å². The van der Waals surface area contributed by atoms with Crippen molar-refractivity contribution in [3.63, 3.8) is 0 Å². The Bertz CT molecular complexity index is 3010. The van der Waals surface area contributed by atoms with E-state index in [9.17, 15) is 86.6 Å². The minimum absolute atomic E-state index is 0.00267. The molecule has 3 aliphatic heterocycles. The third-order valence-corrected chi connectivity index (χ3v) is 16.9. The molecular formula is C63H92N6O33S2. The van der Waals surface area contributed by atoms with E-state index < -0.39 is 223 Å². The van der Waals surface area contributed by atoms with Crippen LogP contribution in [0.25, 0.3) is 0 Å². The van der Waals surface area contributed by atoms with Gasteiger partial charge >= 0.3 is 77.6 Å². The van der Waals surface area contributed by atoms with E-state index in [1.807, 2.05) is 0 Å². The van der Waals surface area contributed by atoms with Crippen LogP contribution in [0.2, 0.25) is 0 Å². The number of carboxylic acid groups (broad SMARTS) is 1. The minimum atomic E-state index is -1.55. The molecule has 0 saturated carbocycles. The first-order chi connectivity index (χ1) is 49.0. The third kappa shape index (κ3) is 34.5. The summed E-state index contributed by atoms with van der Waals surface area (Å²) >= 11 is 1.85. The Kier molecular flexibility index (Phi) is 41.5. The lowest BCUT2D eigenvalue weighted by molar-refractivity contribution is -0.253. The predicted octanol–water partition coefficient (Wildman–Crippen LogP) is -0.0376. The quantitative estimate of drug-likeness (QED) is 0.0233. The van der Waals surface area contributed by atoms with Gasteiger partial charge < -0.3 is 97.4 Å². The summed E-state index contributed by atoms with van der Waals surface area (Å²) in [6, 6.07) is -2.96. The monoisotopic (exact) mass is 1520 g/mol. The molecule has 0 aromatic carbocycles. The summed E-state index contributed by atoms with van der Waals surface area (Å²) in [5, 5.41) is 32.8. The fourth-order valence-electron chi connectivity index (χ4n) is 10.6. The second-order valence-corrected chi connectivity index (χ2v) is 25.8. The molecule has 17 atom stereocenters. The predicted molar refractivity (Wildman–Crippen MR) is 348 cm³/mol. The largest absolute Gasteiger partial charge is 0.480 e. The van der Waals surface area contributed by atoms with Crippen molar-refractivity contribution in [2.45, 2.75) is 250 Å². The zero-order valence-electron chi connectivity index (χ0n) is 59.6. The molecular weight excluding hydrogens is 1430 g/mol. The summed E-state index contributed by atoms with van der Waals surface area (Å²) in [4.78, 5) is 213. The van der Waals surface area contributed by atoms with E-state index in [-0.39, 0.29) is 88.8 Å². The Labute approximate surface area is 606 Å². The van der Waals surface area contributed by atoms with Crippen LogP contribution in [0.15, 0.2) is 0 Å². The van der Waals surface area contributed by atoms with Gasteiger partial charge in [0.2, 0.25) is 23.6 Å². The number of unbranched alkanes of at least 4 members (excludes halogenated alkanes) is 2. The van der Waals surface area contributed by atoms with Crippen LogP contribution in [0.3, 0.4) is 0 Å². The first kappa shape index (κ1) is 91.1. The van der Waals surface area contributed by atoms with Crippen molar-refractivity contribution in [1.82, 2.24) is 21.3 Å². The number of hydrogen-bond acceptors (Lipinski definition) is 36. The van der Waals surface area contributed by atoms with E-state index >= 15 is 0 Å². The van der Waals surface area contributed by atoms with Gasteiger partial charge in [-0.25, -0.2) is 4.79 Å². The fraction of sp³-hybridized carbons (Fsp3) is 0.730. The van der Waals surface area contributed by atoms with Gasteiger partial charge in [0.1, 0.15) is 61.1 Å². The number of carbonyl (C=O) groups excluding carboxylic acids is 16. The first-order valence-electron chi connectivity index (χ1n) is 32.7. The second kappa shape index (κ2) is 47.4. The van der Waals surface area contributed by atoms with Crippen LogP contribution >= 0.6 is 23.5 Å². The van der Waals surface area contributed by atoms with Crippen molar-refractivity contribution in [2.24, 2.45) is 0 Å². The van der Waals surface area contributed by atoms with Gasteiger partial charge in [0.15, 0.2) is 54.9 Å². The highest BCUT2D eigenvalue weighted by atomic mass is 32.2. The lowest BCUT2D eigenvalue weighted by Gasteiger charge is -2.44. The Morgan fingerprint density at radius 2 is 0.654 bits per heavy atom. The minimum Gasteiger partial charge on any atom is -0.480 e. The highest BCUT2D eigenvalue weighted by molar-refractivity contribution is 8.00. The molecule has 0 aromatic heterocycles. The SMILES string of the molecule is CC(=O)OC[C@H]1O[C@@H](CCC(=O)NCCCC[C@H](NC(=O)[C@H](CCCCNC(=O)CCS[C@@H]2O[C@H](COC(C)=O)[C@H](OC(C)=O)[C@H](OC(C)=O)[C@H]2OC(C)=O)NC(=O)CCS[C@@H]2O[C@H](COC(C)=O)[C@H](OC(C)=O)[C@H](OC(C)=O)[C@H]2OC(C)=O)C(=O)O)[C@H](OC(C)=O)[C@@H](OC(C)=O)[C@H]1OC(C)=O.N#N. The van der Waals surface area contributed by atoms with Crippen molar-refractivity contribution in [1.29, 1.82) is 10.8 Å². The van der Waals surface area contributed by atoms with Crippen molar-refractivity contribution in [2.75, 3.05) is 44.4 Å². The average molecular weight is 1530 g/mol. The molecule has 41 heteroatoms. The van der Waals surface area contributed by atoms with Crippen molar-refractivity contribution >= 4 is 125 Å². The molecule has 3 rings (SSSR count). The van der Waals surface area contributed by atoms with E-state index in [4.69, 9.17) is 81.8 Å². The lowest BCUT2D eigenvalue weighted by Crippen LogP contribution is -2.62. The highest BCUT2D eigenvalue weighted by Crippen LogP contribution is 2.37. The van der Waals surface area contributed by atoms with Gasteiger partial charge in [-0.1, -0.05) is 0 Å². The van der Waals surface area contributed by atoms with E-state index in [0.29, 0.717) is 0 Å². The second-order valence-electron chi connectivity index (χ2n) is 23.4. The number of hydrogen-bond donors (Lipinski definition) is 5. The highest BCUT2D eigenvalue weighted by Gasteiger charge is 2.55. The maximum absolute atomic E-state index is 14.1. The molecule has 3 saturated heterocycles. The number of nitrogens with one attached hydrogen (secondary N) is 4. The van der Waals surface area contributed by atoms with Crippen molar-refractivity contribution in [3.05, 3.63) is 0 Å². The Balaban J connectivity index is 0.0000182. The summed E-state index contributed by atoms with van der Waals surface area (Å²) in [6.45, 7) is 11.4. The van der Waals surface area contributed by atoms with Gasteiger partial charge in [-0.3, -0.25) is 76.7 Å². The third-order valence-electron chi connectivity index (χ3n) is 14.6. The normalized spacial score (nSPS) is 24.4. The molecule has 0 bridgehead atoms. The molecule has 0 spiro atoms. The van der Waals surface area contributed by atoms with E-state index in [0.717, 1.165) is 107 Å². The van der Waals surface area contributed by atoms with Crippen molar-refractivity contribution in [3.8, 4) is 0 Å². The summed E-state index contributed by atoms with van der Waals surface area (Å²) in [5.41, 5.74) is -2.42. The van der Waals surface area contributed by atoms with Crippen molar-refractivity contribution < 1.29 is 158 Å². The van der Waals surface area contributed by atoms with E-state index in [2.05, 4.69) is 21.3 Å². The summed E-state index contributed by atoms with van der Waals surface area (Å²) in [5.74, 6) is -14.1. The number of ether oxygens (including phenoxy) is 15. The molecule has 104 heavy (non-hydrogen) atoms. The number of amides is 4. The number of nitrogens with zero attached hydrogens (tertiary/aromatic N) is 2. The zero-order chi connectivity index (χ0) is 78.5. The van der Waals surface area contributed by atoms with Gasteiger partial charge in [-0.2, -0.15) is 0 Å². The van der Waals surface area contributed by atoms with Gasteiger partial charge in [-0.05, 0) is 44.9 Å². The maximum atomic E-state index is 14.1. The van der Waals surface area contributed by atoms with Crippen LogP contribution < -0.4 is 21.3 Å². The lowest BCUT2D eigenvalue weighted by atomic mass is 9.91. The summed E-state index contributed by atoms with van der Waals surface area (Å²) < 4.78 is 82.7. The fourth-order valence-corrected chi connectivity index (χ4v) is 13.0. The summed E-state index contributed by atoms with van der Waals surface area (Å²) in [7, 11) is 0. The van der Waals surface area contributed by atoms with Crippen LogP contribution in [-0.4, -0.2) is 253 Å². The number of aliphatic carboxylic acids is 1. The molecule has 0 unspecified atom stereocenters.